The molecule has 0 bridgehead atoms. The standard InChI is InChI=1S/C19H19NO2/c1-4-21-16-10-11-17-13(2)19(14(3)22-18(17)12-16)20-15-8-6-5-7-9-15/h5-12,20H,3-4H2,1-2H3. The van der Waals surface area contributed by atoms with Crippen LogP contribution in [0, 0.1) is 0 Å². The highest BCUT2D eigenvalue weighted by molar-refractivity contribution is 5.80. The van der Waals surface area contributed by atoms with Gasteiger partial charge in [0.05, 0.1) is 12.3 Å². The van der Waals surface area contributed by atoms with Crippen LogP contribution in [-0.2, 0) is 0 Å². The van der Waals surface area contributed by atoms with Gasteiger partial charge in [0, 0.05) is 17.3 Å². The summed E-state index contributed by atoms with van der Waals surface area (Å²) in [6.07, 6.45) is 0. The average molecular weight is 293 g/mol. The van der Waals surface area contributed by atoms with Gasteiger partial charge in [0.15, 0.2) is 0 Å². The van der Waals surface area contributed by atoms with Gasteiger partial charge in [-0.05, 0) is 43.7 Å². The smallest absolute Gasteiger partial charge is 0.144 e. The van der Waals surface area contributed by atoms with Gasteiger partial charge >= 0.3 is 0 Å². The van der Waals surface area contributed by atoms with E-state index in [9.17, 15) is 0 Å². The molecule has 0 saturated carbocycles. The summed E-state index contributed by atoms with van der Waals surface area (Å²) in [5.74, 6) is 2.20. The van der Waals surface area contributed by atoms with Crippen LogP contribution in [0.4, 0.5) is 5.69 Å². The Labute approximate surface area is 130 Å². The lowest BCUT2D eigenvalue weighted by Crippen LogP contribution is -2.14. The summed E-state index contributed by atoms with van der Waals surface area (Å²) in [4.78, 5) is 0. The number of hydrogen-bond acceptors (Lipinski definition) is 3. The molecule has 0 atom stereocenters. The Morgan fingerprint density at radius 2 is 1.91 bits per heavy atom. The number of hydrogen-bond donors (Lipinski definition) is 1. The third-order valence-electron chi connectivity index (χ3n) is 3.60. The average Bonchev–Trinajstić information content (AvgIpc) is 2.52. The van der Waals surface area contributed by atoms with Crippen LogP contribution in [0.1, 0.15) is 19.4 Å². The second-order valence-corrected chi connectivity index (χ2v) is 5.11. The Morgan fingerprint density at radius 3 is 2.64 bits per heavy atom. The van der Waals surface area contributed by atoms with E-state index in [-0.39, 0.29) is 0 Å². The number of allylic oxidation sites excluding steroid dienone is 1. The zero-order valence-electron chi connectivity index (χ0n) is 12.8. The van der Waals surface area contributed by atoms with E-state index < -0.39 is 0 Å². The molecule has 112 valence electrons. The van der Waals surface area contributed by atoms with Gasteiger partial charge in [0.2, 0.25) is 0 Å². The summed E-state index contributed by atoms with van der Waals surface area (Å²) in [5, 5.41) is 3.38. The van der Waals surface area contributed by atoms with Gasteiger partial charge < -0.3 is 14.8 Å². The minimum atomic E-state index is 0.613. The molecule has 0 aliphatic carbocycles. The van der Waals surface area contributed by atoms with Crippen LogP contribution in [0.25, 0.3) is 5.57 Å². The molecule has 22 heavy (non-hydrogen) atoms. The number of nitrogens with one attached hydrogen (secondary N) is 1. The summed E-state index contributed by atoms with van der Waals surface area (Å²) in [7, 11) is 0. The van der Waals surface area contributed by atoms with Crippen LogP contribution in [0.5, 0.6) is 11.5 Å². The predicted octanol–water partition coefficient (Wildman–Crippen LogP) is 4.83. The van der Waals surface area contributed by atoms with E-state index in [1.54, 1.807) is 0 Å². The largest absolute Gasteiger partial charge is 0.494 e. The molecule has 0 unspecified atom stereocenters. The number of anilines is 1. The van der Waals surface area contributed by atoms with Crippen molar-refractivity contribution in [2.75, 3.05) is 11.9 Å². The minimum absolute atomic E-state index is 0.613. The molecule has 1 aliphatic heterocycles. The van der Waals surface area contributed by atoms with Gasteiger partial charge in [-0.1, -0.05) is 24.8 Å². The Bertz CT molecular complexity index is 732. The second kappa shape index (κ2) is 5.98. The first-order valence-electron chi connectivity index (χ1n) is 7.36. The van der Waals surface area contributed by atoms with Gasteiger partial charge in [0.25, 0.3) is 0 Å². The molecule has 0 aromatic heterocycles. The summed E-state index contributed by atoms with van der Waals surface area (Å²) in [5.41, 5.74) is 4.08. The zero-order valence-corrected chi connectivity index (χ0v) is 12.8. The molecule has 0 saturated heterocycles. The SMILES string of the molecule is C=C1Oc2cc(OCC)ccc2C(C)=C1Nc1ccccc1. The summed E-state index contributed by atoms with van der Waals surface area (Å²) in [6.45, 7) is 8.70. The first-order chi connectivity index (χ1) is 10.7. The Balaban J connectivity index is 1.97. The molecule has 0 amide bonds. The lowest BCUT2D eigenvalue weighted by Gasteiger charge is -2.25. The van der Waals surface area contributed by atoms with Gasteiger partial charge in [0.1, 0.15) is 17.3 Å². The van der Waals surface area contributed by atoms with Crippen molar-refractivity contribution in [3.05, 3.63) is 72.1 Å². The molecular weight excluding hydrogens is 274 g/mol. The lowest BCUT2D eigenvalue weighted by molar-refractivity contribution is 0.337. The molecule has 0 radical (unpaired) electrons. The van der Waals surface area contributed by atoms with Crippen LogP contribution in [0.2, 0.25) is 0 Å². The maximum Gasteiger partial charge on any atom is 0.144 e. The maximum absolute atomic E-state index is 5.88. The predicted molar refractivity (Wildman–Crippen MR) is 90.0 cm³/mol. The molecule has 2 aromatic rings. The third kappa shape index (κ3) is 2.70. The minimum Gasteiger partial charge on any atom is -0.494 e. The van der Waals surface area contributed by atoms with Gasteiger partial charge in [-0.25, -0.2) is 0 Å². The number of para-hydroxylation sites is 1. The molecule has 3 rings (SSSR count). The molecule has 1 N–H and O–H groups in total. The van der Waals surface area contributed by atoms with Crippen LogP contribution in [-0.4, -0.2) is 6.61 Å². The Kier molecular flexibility index (Phi) is 3.88. The van der Waals surface area contributed by atoms with Crippen molar-refractivity contribution < 1.29 is 9.47 Å². The maximum atomic E-state index is 5.88. The van der Waals surface area contributed by atoms with Crippen molar-refractivity contribution in [1.82, 2.24) is 0 Å². The third-order valence-corrected chi connectivity index (χ3v) is 3.60. The molecule has 1 aliphatic rings. The number of fused-ring (bicyclic) bond motifs is 1. The first kappa shape index (κ1) is 14.3. The number of benzene rings is 2. The van der Waals surface area contributed by atoms with Crippen LogP contribution < -0.4 is 14.8 Å². The van der Waals surface area contributed by atoms with E-state index in [2.05, 4.69) is 18.8 Å². The molecule has 0 spiro atoms. The van der Waals surface area contributed by atoms with E-state index in [0.29, 0.717) is 12.4 Å². The van der Waals surface area contributed by atoms with E-state index >= 15 is 0 Å². The molecular formula is C19H19NO2. The van der Waals surface area contributed by atoms with Gasteiger partial charge in [-0.3, -0.25) is 0 Å². The van der Waals surface area contributed by atoms with E-state index in [1.807, 2.05) is 55.5 Å². The molecule has 3 heteroatoms. The van der Waals surface area contributed by atoms with Crippen LogP contribution in [0.15, 0.2) is 66.6 Å². The molecule has 2 aromatic carbocycles. The number of rotatable bonds is 4. The van der Waals surface area contributed by atoms with Crippen molar-refractivity contribution >= 4 is 11.3 Å². The van der Waals surface area contributed by atoms with Crippen molar-refractivity contribution in [2.45, 2.75) is 13.8 Å². The molecule has 0 fully saturated rings. The summed E-state index contributed by atoms with van der Waals surface area (Å²) >= 11 is 0. The normalized spacial score (nSPS) is 13.5. The van der Waals surface area contributed by atoms with Crippen molar-refractivity contribution in [1.29, 1.82) is 0 Å². The Hall–Kier alpha value is -2.68. The fourth-order valence-corrected chi connectivity index (χ4v) is 2.51. The highest BCUT2D eigenvalue weighted by atomic mass is 16.5. The first-order valence-corrected chi connectivity index (χ1v) is 7.36. The lowest BCUT2D eigenvalue weighted by atomic mass is 10.0. The molecule has 3 nitrogen and oxygen atoms in total. The Morgan fingerprint density at radius 1 is 1.14 bits per heavy atom. The fraction of sp³-hybridized carbons (Fsp3) is 0.158. The van der Waals surface area contributed by atoms with Crippen molar-refractivity contribution in [3.63, 3.8) is 0 Å². The zero-order chi connectivity index (χ0) is 15.5. The quantitative estimate of drug-likeness (QED) is 0.875. The van der Waals surface area contributed by atoms with Gasteiger partial charge in [-0.15, -0.1) is 0 Å². The van der Waals surface area contributed by atoms with Crippen molar-refractivity contribution in [3.8, 4) is 11.5 Å². The topological polar surface area (TPSA) is 30.5 Å². The molecule has 1 heterocycles. The van der Waals surface area contributed by atoms with Crippen molar-refractivity contribution in [2.24, 2.45) is 0 Å². The summed E-state index contributed by atoms with van der Waals surface area (Å²) in [6, 6.07) is 15.9. The van der Waals surface area contributed by atoms with Crippen LogP contribution >= 0.6 is 0 Å². The van der Waals surface area contributed by atoms with Crippen LogP contribution in [0.3, 0.4) is 0 Å². The second-order valence-electron chi connectivity index (χ2n) is 5.11. The monoisotopic (exact) mass is 293 g/mol. The highest BCUT2D eigenvalue weighted by Gasteiger charge is 2.21. The van der Waals surface area contributed by atoms with E-state index in [0.717, 1.165) is 34.0 Å². The van der Waals surface area contributed by atoms with E-state index in [1.165, 1.54) is 0 Å². The summed E-state index contributed by atoms with van der Waals surface area (Å²) < 4.78 is 11.4. The van der Waals surface area contributed by atoms with E-state index in [4.69, 9.17) is 9.47 Å². The van der Waals surface area contributed by atoms with Gasteiger partial charge in [-0.2, -0.15) is 0 Å². The number of ether oxygens (including phenoxy) is 2. The highest BCUT2D eigenvalue weighted by Crippen LogP contribution is 2.39. The fourth-order valence-electron chi connectivity index (χ4n) is 2.51.